The van der Waals surface area contributed by atoms with E-state index in [0.717, 1.165) is 11.3 Å². The van der Waals surface area contributed by atoms with Crippen LogP contribution in [0.4, 0.5) is 0 Å². The molecule has 108 valence electrons. The number of aliphatic hydroxyl groups excluding tert-OH is 1. The molecule has 4 nitrogen and oxygen atoms in total. The van der Waals surface area contributed by atoms with Crippen LogP contribution in [0.1, 0.15) is 35.0 Å². The molecule has 1 aromatic heterocycles. The van der Waals surface area contributed by atoms with Crippen molar-refractivity contribution < 1.29 is 14.6 Å². The first-order valence-corrected chi connectivity index (χ1v) is 7.71. The van der Waals surface area contributed by atoms with E-state index < -0.39 is 0 Å². The molecule has 1 aromatic rings. The van der Waals surface area contributed by atoms with E-state index in [-0.39, 0.29) is 18.6 Å². The quantitative estimate of drug-likeness (QED) is 0.864. The van der Waals surface area contributed by atoms with Gasteiger partial charge < -0.3 is 14.7 Å². The number of rotatable bonds is 3. The Kier molecular flexibility index (Phi) is 5.60. The molecule has 0 saturated carbocycles. The number of amides is 1. The van der Waals surface area contributed by atoms with Crippen LogP contribution in [0.15, 0.2) is 11.4 Å². The number of carbonyl (C=O) groups excluding carboxylic acids is 1. The van der Waals surface area contributed by atoms with Crippen LogP contribution < -0.4 is 0 Å². The van der Waals surface area contributed by atoms with E-state index in [9.17, 15) is 4.79 Å². The van der Waals surface area contributed by atoms with Gasteiger partial charge in [0.2, 0.25) is 0 Å². The first-order chi connectivity index (χ1) is 9.74. The lowest BCUT2D eigenvalue weighted by molar-refractivity contribution is -0.0226. The van der Waals surface area contributed by atoms with Crippen molar-refractivity contribution in [2.75, 3.05) is 26.3 Å². The maximum absolute atomic E-state index is 12.4. The van der Waals surface area contributed by atoms with Crippen LogP contribution in [-0.2, 0) is 4.74 Å². The van der Waals surface area contributed by atoms with E-state index in [1.807, 2.05) is 16.3 Å². The molecule has 5 heteroatoms. The van der Waals surface area contributed by atoms with Gasteiger partial charge in [-0.25, -0.2) is 0 Å². The number of aliphatic hydroxyl groups is 1. The highest BCUT2D eigenvalue weighted by Crippen LogP contribution is 2.18. The molecule has 1 atom stereocenters. The van der Waals surface area contributed by atoms with Gasteiger partial charge in [0, 0.05) is 24.9 Å². The third kappa shape index (κ3) is 3.83. The van der Waals surface area contributed by atoms with Crippen molar-refractivity contribution in [3.63, 3.8) is 0 Å². The number of carbonyl (C=O) groups is 1. The fourth-order valence-corrected chi connectivity index (χ4v) is 2.80. The largest absolute Gasteiger partial charge is 0.395 e. The fraction of sp³-hybridized carbons (Fsp3) is 0.533. The summed E-state index contributed by atoms with van der Waals surface area (Å²) in [5.74, 6) is 5.88. The number of thiophene rings is 1. The molecule has 1 unspecified atom stereocenters. The fourth-order valence-electron chi connectivity index (χ4n) is 2.05. The second kappa shape index (κ2) is 7.44. The standard InChI is InChI=1S/C15H19NO3S/c1-2-13-10-16(6-8-19-13)15(18)12-9-14(20-11-12)5-3-4-7-17/h9,11,13,17H,2,4,6-8,10H2,1H3. The molecule has 0 radical (unpaired) electrons. The van der Waals surface area contributed by atoms with Gasteiger partial charge in [-0.15, -0.1) is 11.3 Å². The number of hydrogen-bond donors (Lipinski definition) is 1. The Balaban J connectivity index is 2.01. The Labute approximate surface area is 123 Å². The van der Waals surface area contributed by atoms with Crippen LogP contribution in [0.3, 0.4) is 0 Å². The van der Waals surface area contributed by atoms with E-state index in [0.29, 0.717) is 31.7 Å². The van der Waals surface area contributed by atoms with Gasteiger partial charge >= 0.3 is 0 Å². The SMILES string of the molecule is CCC1CN(C(=O)c2csc(C#CCCO)c2)CCO1. The smallest absolute Gasteiger partial charge is 0.254 e. The third-order valence-corrected chi connectivity index (χ3v) is 4.02. The van der Waals surface area contributed by atoms with Crippen LogP contribution in [0, 0.1) is 11.8 Å². The van der Waals surface area contributed by atoms with Crippen LogP contribution in [0.25, 0.3) is 0 Å². The first-order valence-electron chi connectivity index (χ1n) is 6.83. The van der Waals surface area contributed by atoms with Gasteiger partial charge in [0.05, 0.1) is 29.8 Å². The van der Waals surface area contributed by atoms with Gasteiger partial charge in [-0.2, -0.15) is 0 Å². The minimum absolute atomic E-state index is 0.0539. The van der Waals surface area contributed by atoms with Crippen molar-refractivity contribution in [1.82, 2.24) is 4.90 Å². The maximum Gasteiger partial charge on any atom is 0.254 e. The van der Waals surface area contributed by atoms with Crippen molar-refractivity contribution in [2.24, 2.45) is 0 Å². The van der Waals surface area contributed by atoms with Crippen molar-refractivity contribution in [3.05, 3.63) is 21.9 Å². The zero-order valence-corrected chi connectivity index (χ0v) is 12.4. The molecule has 1 fully saturated rings. The Bertz CT molecular complexity index is 515. The number of hydrogen-bond acceptors (Lipinski definition) is 4. The second-order valence-corrected chi connectivity index (χ2v) is 5.54. The van der Waals surface area contributed by atoms with Gasteiger partial charge in [-0.3, -0.25) is 4.79 Å². The van der Waals surface area contributed by atoms with Crippen molar-refractivity contribution in [1.29, 1.82) is 0 Å². The second-order valence-electron chi connectivity index (χ2n) is 4.63. The normalized spacial score (nSPS) is 18.5. The van der Waals surface area contributed by atoms with Crippen LogP contribution >= 0.6 is 11.3 Å². The summed E-state index contributed by atoms with van der Waals surface area (Å²) < 4.78 is 5.58. The summed E-state index contributed by atoms with van der Waals surface area (Å²) in [6, 6.07) is 1.83. The van der Waals surface area contributed by atoms with E-state index >= 15 is 0 Å². The molecule has 0 bridgehead atoms. The highest BCUT2D eigenvalue weighted by molar-refractivity contribution is 7.10. The maximum atomic E-state index is 12.4. The molecule has 20 heavy (non-hydrogen) atoms. The zero-order chi connectivity index (χ0) is 14.4. The molecule has 1 aliphatic heterocycles. The van der Waals surface area contributed by atoms with Crippen molar-refractivity contribution in [3.8, 4) is 11.8 Å². The third-order valence-electron chi connectivity index (χ3n) is 3.18. The van der Waals surface area contributed by atoms with Gasteiger partial charge in [0.1, 0.15) is 0 Å². The Morgan fingerprint density at radius 2 is 2.50 bits per heavy atom. The summed E-state index contributed by atoms with van der Waals surface area (Å²) in [6.07, 6.45) is 1.53. The molecule has 0 aliphatic carbocycles. The summed E-state index contributed by atoms with van der Waals surface area (Å²) in [5.41, 5.74) is 0.694. The molecule has 1 amide bonds. The molecule has 0 aromatic carbocycles. The summed E-state index contributed by atoms with van der Waals surface area (Å²) >= 11 is 1.46. The highest BCUT2D eigenvalue weighted by atomic mass is 32.1. The van der Waals surface area contributed by atoms with Gasteiger partial charge in [-0.05, 0) is 12.5 Å². The molecular formula is C15H19NO3S. The zero-order valence-electron chi connectivity index (χ0n) is 11.6. The average Bonchev–Trinajstić information content (AvgIpc) is 2.95. The Hall–Kier alpha value is -1.35. The van der Waals surface area contributed by atoms with Gasteiger partial charge in [0.15, 0.2) is 0 Å². The lowest BCUT2D eigenvalue weighted by Gasteiger charge is -2.32. The van der Waals surface area contributed by atoms with Crippen molar-refractivity contribution >= 4 is 17.2 Å². The Morgan fingerprint density at radius 3 is 3.25 bits per heavy atom. The number of ether oxygens (including phenoxy) is 1. The summed E-state index contributed by atoms with van der Waals surface area (Å²) in [4.78, 5) is 15.1. The van der Waals surface area contributed by atoms with E-state index in [2.05, 4.69) is 18.8 Å². The highest BCUT2D eigenvalue weighted by Gasteiger charge is 2.24. The molecule has 2 rings (SSSR count). The predicted molar refractivity (Wildman–Crippen MR) is 78.8 cm³/mol. The summed E-state index contributed by atoms with van der Waals surface area (Å²) in [7, 11) is 0. The molecule has 1 saturated heterocycles. The lowest BCUT2D eigenvalue weighted by Crippen LogP contribution is -2.45. The van der Waals surface area contributed by atoms with Gasteiger partial charge in [-0.1, -0.05) is 18.8 Å². The Morgan fingerprint density at radius 1 is 1.65 bits per heavy atom. The molecular weight excluding hydrogens is 274 g/mol. The number of morpholine rings is 1. The monoisotopic (exact) mass is 293 g/mol. The summed E-state index contributed by atoms with van der Waals surface area (Å²) in [5, 5.41) is 10.5. The topological polar surface area (TPSA) is 49.8 Å². The van der Waals surface area contributed by atoms with Crippen LogP contribution in [0.2, 0.25) is 0 Å². The van der Waals surface area contributed by atoms with Crippen LogP contribution in [-0.4, -0.2) is 48.3 Å². The first kappa shape index (κ1) is 15.0. The van der Waals surface area contributed by atoms with E-state index in [1.165, 1.54) is 11.3 Å². The van der Waals surface area contributed by atoms with E-state index in [4.69, 9.17) is 9.84 Å². The minimum Gasteiger partial charge on any atom is -0.395 e. The van der Waals surface area contributed by atoms with E-state index in [1.54, 1.807) is 0 Å². The molecule has 1 aliphatic rings. The van der Waals surface area contributed by atoms with Crippen molar-refractivity contribution in [2.45, 2.75) is 25.9 Å². The molecule has 2 heterocycles. The molecule has 1 N–H and O–H groups in total. The average molecular weight is 293 g/mol. The lowest BCUT2D eigenvalue weighted by atomic mass is 10.2. The predicted octanol–water partition coefficient (Wildman–Crippen LogP) is 1.73. The molecule has 0 spiro atoms. The minimum atomic E-state index is 0.0539. The summed E-state index contributed by atoms with van der Waals surface area (Å²) in [6.45, 7) is 4.05. The number of nitrogens with zero attached hydrogens (tertiary/aromatic N) is 1. The van der Waals surface area contributed by atoms with Gasteiger partial charge in [0.25, 0.3) is 5.91 Å². The van der Waals surface area contributed by atoms with Crippen LogP contribution in [0.5, 0.6) is 0 Å².